The average molecular weight is 448 g/mol. The van der Waals surface area contributed by atoms with Crippen LogP contribution in [0.4, 0.5) is 17.3 Å². The second kappa shape index (κ2) is 6.87. The van der Waals surface area contributed by atoms with Gasteiger partial charge in [0.2, 0.25) is 11.9 Å². The molecule has 3 aromatic heterocycles. The summed E-state index contributed by atoms with van der Waals surface area (Å²) < 4.78 is 1.73. The molecule has 1 aliphatic heterocycles. The van der Waals surface area contributed by atoms with Crippen molar-refractivity contribution in [2.24, 2.45) is 11.1 Å². The molecule has 0 unspecified atom stereocenters. The molecule has 3 fully saturated rings. The van der Waals surface area contributed by atoms with Gasteiger partial charge in [0.05, 0.1) is 28.7 Å². The SMILES string of the molecule is CNC(=O)c1nnc(C2(C(N)=O)CC2)cc1Nc1nc2ccc(N3CC4(CCC4)C3)cn2n1. The van der Waals surface area contributed by atoms with Crippen molar-refractivity contribution in [3.63, 3.8) is 0 Å². The van der Waals surface area contributed by atoms with Gasteiger partial charge in [-0.15, -0.1) is 10.2 Å². The van der Waals surface area contributed by atoms with Crippen LogP contribution in [0.15, 0.2) is 24.4 Å². The molecular formula is C22H25N9O2. The molecule has 3 aliphatic rings. The summed E-state index contributed by atoms with van der Waals surface area (Å²) in [5.41, 5.74) is 8.01. The van der Waals surface area contributed by atoms with Crippen LogP contribution < -0.4 is 21.3 Å². The maximum absolute atomic E-state index is 12.4. The summed E-state index contributed by atoms with van der Waals surface area (Å²) >= 11 is 0. The average Bonchev–Trinajstić information content (AvgIpc) is 3.46. The highest BCUT2D eigenvalue weighted by Crippen LogP contribution is 2.49. The Bertz CT molecular complexity index is 1280. The van der Waals surface area contributed by atoms with Crippen molar-refractivity contribution in [3.05, 3.63) is 35.8 Å². The number of amides is 2. The first-order chi connectivity index (χ1) is 15.9. The molecule has 2 aliphatic carbocycles. The molecule has 3 aromatic rings. The van der Waals surface area contributed by atoms with Crippen molar-refractivity contribution < 1.29 is 9.59 Å². The van der Waals surface area contributed by atoms with Crippen LogP contribution in [0.5, 0.6) is 0 Å². The Morgan fingerprint density at radius 3 is 2.55 bits per heavy atom. The lowest BCUT2D eigenvalue weighted by molar-refractivity contribution is -0.120. The van der Waals surface area contributed by atoms with Gasteiger partial charge in [0.25, 0.3) is 5.91 Å². The van der Waals surface area contributed by atoms with Gasteiger partial charge in [-0.3, -0.25) is 9.59 Å². The molecular weight excluding hydrogens is 422 g/mol. The number of carbonyl (C=O) groups is 2. The fraction of sp³-hybridized carbons (Fsp3) is 0.455. The highest BCUT2D eigenvalue weighted by atomic mass is 16.2. The molecule has 6 rings (SSSR count). The Morgan fingerprint density at radius 2 is 1.91 bits per heavy atom. The fourth-order valence-electron chi connectivity index (χ4n) is 4.93. The zero-order valence-electron chi connectivity index (χ0n) is 18.3. The third-order valence-electron chi connectivity index (χ3n) is 7.34. The van der Waals surface area contributed by atoms with Crippen LogP contribution >= 0.6 is 0 Å². The summed E-state index contributed by atoms with van der Waals surface area (Å²) in [5, 5.41) is 18.4. The van der Waals surface area contributed by atoms with E-state index in [2.05, 4.69) is 41.9 Å². The monoisotopic (exact) mass is 447 g/mol. The minimum atomic E-state index is -0.819. The summed E-state index contributed by atoms with van der Waals surface area (Å²) in [5.74, 6) is -0.531. The van der Waals surface area contributed by atoms with Crippen LogP contribution in [0.3, 0.4) is 0 Å². The molecule has 2 saturated carbocycles. The molecule has 33 heavy (non-hydrogen) atoms. The minimum Gasteiger partial charge on any atom is -0.369 e. The number of nitrogens with zero attached hydrogens (tertiary/aromatic N) is 6. The van der Waals surface area contributed by atoms with Crippen molar-refractivity contribution in [2.75, 3.05) is 30.4 Å². The predicted molar refractivity (Wildman–Crippen MR) is 120 cm³/mol. The molecule has 0 bridgehead atoms. The predicted octanol–water partition coefficient (Wildman–Crippen LogP) is 1.13. The van der Waals surface area contributed by atoms with E-state index in [1.165, 1.54) is 26.3 Å². The lowest BCUT2D eigenvalue weighted by Gasteiger charge is -2.56. The first-order valence-electron chi connectivity index (χ1n) is 11.2. The normalized spacial score (nSPS) is 19.6. The molecule has 4 heterocycles. The Labute approximate surface area is 189 Å². The summed E-state index contributed by atoms with van der Waals surface area (Å²) in [4.78, 5) is 31.2. The van der Waals surface area contributed by atoms with Crippen molar-refractivity contribution >= 4 is 34.8 Å². The van der Waals surface area contributed by atoms with Crippen LogP contribution in [-0.2, 0) is 10.2 Å². The van der Waals surface area contributed by atoms with E-state index in [0.717, 1.165) is 18.8 Å². The van der Waals surface area contributed by atoms with Gasteiger partial charge < -0.3 is 21.3 Å². The van der Waals surface area contributed by atoms with E-state index in [9.17, 15) is 9.59 Å². The molecule has 11 heteroatoms. The highest BCUT2D eigenvalue weighted by molar-refractivity contribution is 5.98. The topological polar surface area (TPSA) is 143 Å². The first kappa shape index (κ1) is 19.9. The van der Waals surface area contributed by atoms with Crippen LogP contribution in [0.25, 0.3) is 5.65 Å². The van der Waals surface area contributed by atoms with Gasteiger partial charge in [-0.05, 0) is 43.9 Å². The van der Waals surface area contributed by atoms with Crippen LogP contribution in [0, 0.1) is 5.41 Å². The largest absolute Gasteiger partial charge is 0.369 e. The smallest absolute Gasteiger partial charge is 0.273 e. The van der Waals surface area contributed by atoms with Crippen LogP contribution in [-0.4, -0.2) is 56.7 Å². The summed E-state index contributed by atoms with van der Waals surface area (Å²) in [7, 11) is 1.52. The minimum absolute atomic E-state index is 0.0902. The maximum Gasteiger partial charge on any atom is 0.273 e. The van der Waals surface area contributed by atoms with Gasteiger partial charge in [0.15, 0.2) is 11.3 Å². The number of primary amides is 1. The molecule has 2 amide bonds. The number of nitrogens with one attached hydrogen (secondary N) is 2. The lowest BCUT2D eigenvalue weighted by Crippen LogP contribution is -2.59. The number of fused-ring (bicyclic) bond motifs is 1. The van der Waals surface area contributed by atoms with Crippen molar-refractivity contribution in [1.82, 2.24) is 30.1 Å². The van der Waals surface area contributed by atoms with E-state index in [1.807, 2.05) is 12.3 Å². The number of hydrogen-bond acceptors (Lipinski definition) is 8. The zero-order chi connectivity index (χ0) is 22.8. The molecule has 0 radical (unpaired) electrons. The first-order valence-corrected chi connectivity index (χ1v) is 11.2. The number of nitrogens with two attached hydrogens (primary N) is 1. The number of pyridine rings is 1. The lowest BCUT2D eigenvalue weighted by atomic mass is 9.63. The molecule has 0 atom stereocenters. The molecule has 0 aromatic carbocycles. The van der Waals surface area contributed by atoms with Gasteiger partial charge in [-0.1, -0.05) is 6.42 Å². The Balaban J connectivity index is 1.29. The second-order valence-corrected chi connectivity index (χ2v) is 9.48. The molecule has 1 saturated heterocycles. The standard InChI is InChI=1S/C22H25N9O2/c1-24-18(32)17-14(9-15(27-28-17)22(7-8-22)19(23)33)25-20-26-16-4-3-13(10-31(16)29-20)30-11-21(12-30)5-2-6-21/h3-4,9-10H,2,5-8,11-12H2,1H3,(H2,23,33)(H,24,32)(H,25,27,29). The van der Waals surface area contributed by atoms with E-state index >= 15 is 0 Å². The molecule has 4 N–H and O–H groups in total. The van der Waals surface area contributed by atoms with Crippen LogP contribution in [0.1, 0.15) is 48.3 Å². The Kier molecular flexibility index (Phi) is 4.14. The third-order valence-corrected chi connectivity index (χ3v) is 7.34. The van der Waals surface area contributed by atoms with Gasteiger partial charge in [-0.25, -0.2) is 4.52 Å². The maximum atomic E-state index is 12.4. The highest BCUT2D eigenvalue weighted by Gasteiger charge is 2.52. The van der Waals surface area contributed by atoms with Crippen LogP contribution in [0.2, 0.25) is 0 Å². The van der Waals surface area contributed by atoms with E-state index in [1.54, 1.807) is 10.6 Å². The quantitative estimate of drug-likeness (QED) is 0.510. The number of aromatic nitrogens is 5. The van der Waals surface area contributed by atoms with E-state index in [-0.39, 0.29) is 5.69 Å². The van der Waals surface area contributed by atoms with Gasteiger partial charge in [0.1, 0.15) is 0 Å². The number of carbonyl (C=O) groups excluding carboxylic acids is 2. The molecule has 1 spiro atoms. The van der Waals surface area contributed by atoms with E-state index in [4.69, 9.17) is 5.73 Å². The van der Waals surface area contributed by atoms with Crippen molar-refractivity contribution in [1.29, 1.82) is 0 Å². The van der Waals surface area contributed by atoms with Gasteiger partial charge in [-0.2, -0.15) is 10.1 Å². The number of hydrogen-bond donors (Lipinski definition) is 3. The zero-order valence-corrected chi connectivity index (χ0v) is 18.3. The molecule has 11 nitrogen and oxygen atoms in total. The number of anilines is 3. The van der Waals surface area contributed by atoms with E-state index < -0.39 is 17.2 Å². The van der Waals surface area contributed by atoms with Crippen molar-refractivity contribution in [3.8, 4) is 0 Å². The number of rotatable bonds is 6. The van der Waals surface area contributed by atoms with Crippen molar-refractivity contribution in [2.45, 2.75) is 37.5 Å². The summed E-state index contributed by atoms with van der Waals surface area (Å²) in [6.07, 6.45) is 7.20. The summed E-state index contributed by atoms with van der Waals surface area (Å²) in [6.45, 7) is 2.20. The molecule has 170 valence electrons. The summed E-state index contributed by atoms with van der Waals surface area (Å²) in [6, 6.07) is 5.64. The second-order valence-electron chi connectivity index (χ2n) is 9.48. The fourth-order valence-corrected chi connectivity index (χ4v) is 4.93. The Hall–Kier alpha value is -3.76. The van der Waals surface area contributed by atoms with E-state index in [0.29, 0.717) is 41.2 Å². The Morgan fingerprint density at radius 1 is 1.12 bits per heavy atom. The third kappa shape index (κ3) is 3.10. The van der Waals surface area contributed by atoms with Gasteiger partial charge >= 0.3 is 0 Å². The van der Waals surface area contributed by atoms with Gasteiger partial charge in [0, 0.05) is 25.6 Å².